The van der Waals surface area contributed by atoms with E-state index in [0.29, 0.717) is 12.1 Å². The molecule has 0 aliphatic carbocycles. The number of likely N-dealkylation sites (N-methyl/N-ethyl adjacent to an activating group) is 2. The molecule has 1 aliphatic heterocycles. The van der Waals surface area contributed by atoms with Gasteiger partial charge in [0.1, 0.15) is 5.82 Å². The van der Waals surface area contributed by atoms with Crippen molar-refractivity contribution in [3.05, 3.63) is 22.8 Å². The van der Waals surface area contributed by atoms with Gasteiger partial charge in [-0.25, -0.2) is 4.98 Å². The lowest BCUT2D eigenvalue weighted by Gasteiger charge is -2.27. The number of aromatic nitrogens is 1. The van der Waals surface area contributed by atoms with Gasteiger partial charge in [-0.1, -0.05) is 25.4 Å². The Kier molecular flexibility index (Phi) is 5.85. The van der Waals surface area contributed by atoms with Gasteiger partial charge in [0.25, 0.3) is 0 Å². The summed E-state index contributed by atoms with van der Waals surface area (Å²) in [4.78, 5) is 9.16. The lowest BCUT2D eigenvalue weighted by Crippen LogP contribution is -2.37. The Labute approximate surface area is 133 Å². The largest absolute Gasteiger partial charge is 0.358 e. The van der Waals surface area contributed by atoms with E-state index in [9.17, 15) is 0 Å². The lowest BCUT2D eigenvalue weighted by atomic mass is 10.2. The van der Waals surface area contributed by atoms with Gasteiger partial charge in [-0.15, -0.1) is 0 Å². The van der Waals surface area contributed by atoms with Crippen molar-refractivity contribution in [2.24, 2.45) is 0 Å². The zero-order chi connectivity index (χ0) is 15.4. The Bertz CT molecular complexity index is 464. The van der Waals surface area contributed by atoms with Gasteiger partial charge in [-0.3, -0.25) is 0 Å². The third-order valence-corrected chi connectivity index (χ3v) is 4.51. The molecular formula is C16H27ClN4. The molecule has 1 aromatic heterocycles. The summed E-state index contributed by atoms with van der Waals surface area (Å²) < 4.78 is 0. The lowest BCUT2D eigenvalue weighted by molar-refractivity contribution is 0.314. The van der Waals surface area contributed by atoms with Gasteiger partial charge < -0.3 is 15.1 Å². The van der Waals surface area contributed by atoms with Gasteiger partial charge in [0.2, 0.25) is 0 Å². The van der Waals surface area contributed by atoms with Crippen molar-refractivity contribution in [2.45, 2.75) is 45.3 Å². The second kappa shape index (κ2) is 7.43. The minimum absolute atomic E-state index is 0.447. The van der Waals surface area contributed by atoms with E-state index in [1.165, 1.54) is 19.4 Å². The molecule has 0 aromatic carbocycles. The third-order valence-electron chi connectivity index (χ3n) is 4.17. The van der Waals surface area contributed by atoms with Crippen molar-refractivity contribution in [3.8, 4) is 0 Å². The highest BCUT2D eigenvalue weighted by Gasteiger charge is 2.22. The molecule has 2 rings (SSSR count). The van der Waals surface area contributed by atoms with E-state index in [4.69, 9.17) is 11.6 Å². The maximum Gasteiger partial charge on any atom is 0.128 e. The molecule has 1 unspecified atom stereocenters. The van der Waals surface area contributed by atoms with Crippen LogP contribution in [0.3, 0.4) is 0 Å². The first kappa shape index (κ1) is 16.5. The van der Waals surface area contributed by atoms with Crippen molar-refractivity contribution < 1.29 is 0 Å². The molecule has 0 saturated carbocycles. The molecule has 1 N–H and O–H groups in total. The van der Waals surface area contributed by atoms with E-state index >= 15 is 0 Å². The highest BCUT2D eigenvalue weighted by Crippen LogP contribution is 2.22. The smallest absolute Gasteiger partial charge is 0.128 e. The fourth-order valence-electron chi connectivity index (χ4n) is 2.75. The summed E-state index contributed by atoms with van der Waals surface area (Å²) in [7, 11) is 4.32. The van der Waals surface area contributed by atoms with Crippen LogP contribution in [0.4, 0.5) is 5.82 Å². The monoisotopic (exact) mass is 310 g/mol. The van der Waals surface area contributed by atoms with Crippen LogP contribution in [0.2, 0.25) is 5.02 Å². The van der Waals surface area contributed by atoms with E-state index in [0.717, 1.165) is 29.5 Å². The number of hydrogen-bond donors (Lipinski definition) is 1. The summed E-state index contributed by atoms with van der Waals surface area (Å²) in [6.45, 7) is 7.28. The molecule has 1 aromatic rings. The van der Waals surface area contributed by atoms with E-state index in [1.807, 2.05) is 0 Å². The standard InChI is InChI=1S/C16H27ClN4/c1-12(2)18-9-13-8-16(19-10-15(13)17)21(4)11-14-6-5-7-20(14)3/h8,10,12,14,18H,5-7,9,11H2,1-4H3. The van der Waals surface area contributed by atoms with Gasteiger partial charge in [-0.05, 0) is 38.1 Å². The molecular weight excluding hydrogens is 284 g/mol. The molecule has 0 radical (unpaired) electrons. The number of pyridine rings is 1. The molecule has 4 nitrogen and oxygen atoms in total. The topological polar surface area (TPSA) is 31.4 Å². The molecule has 1 aliphatic rings. The number of likely N-dealkylation sites (tertiary alicyclic amines) is 1. The number of rotatable bonds is 6. The summed E-state index contributed by atoms with van der Waals surface area (Å²) in [6, 6.07) is 3.18. The maximum atomic E-state index is 6.25. The molecule has 1 atom stereocenters. The summed E-state index contributed by atoms with van der Waals surface area (Å²) in [5, 5.41) is 4.14. The fourth-order valence-corrected chi connectivity index (χ4v) is 2.92. The van der Waals surface area contributed by atoms with Gasteiger partial charge in [0.05, 0.1) is 5.02 Å². The number of nitrogens with one attached hydrogen (secondary N) is 1. The van der Waals surface area contributed by atoms with Crippen LogP contribution in [0.1, 0.15) is 32.3 Å². The maximum absolute atomic E-state index is 6.25. The molecule has 5 heteroatoms. The third kappa shape index (κ3) is 4.56. The SMILES string of the molecule is CC(C)NCc1cc(N(C)CC2CCCN2C)ncc1Cl. The average Bonchev–Trinajstić information content (AvgIpc) is 2.83. The molecule has 0 bridgehead atoms. The van der Waals surface area contributed by atoms with Crippen LogP contribution < -0.4 is 10.2 Å². The molecule has 2 heterocycles. The van der Waals surface area contributed by atoms with Crippen molar-refractivity contribution in [2.75, 3.05) is 32.1 Å². The van der Waals surface area contributed by atoms with Gasteiger partial charge in [0, 0.05) is 38.4 Å². The molecule has 21 heavy (non-hydrogen) atoms. The van der Waals surface area contributed by atoms with Crippen LogP contribution in [-0.2, 0) is 6.54 Å². The first-order valence-electron chi connectivity index (χ1n) is 7.76. The zero-order valence-electron chi connectivity index (χ0n) is 13.6. The molecule has 1 saturated heterocycles. The van der Waals surface area contributed by atoms with Crippen LogP contribution in [-0.4, -0.2) is 49.2 Å². The van der Waals surface area contributed by atoms with Crippen molar-refractivity contribution >= 4 is 17.4 Å². The van der Waals surface area contributed by atoms with Crippen LogP contribution in [0.25, 0.3) is 0 Å². The van der Waals surface area contributed by atoms with Gasteiger partial charge in [0.15, 0.2) is 0 Å². The highest BCUT2D eigenvalue weighted by atomic mass is 35.5. The Morgan fingerprint density at radius 1 is 1.52 bits per heavy atom. The second-order valence-electron chi connectivity index (χ2n) is 6.33. The molecule has 118 valence electrons. The predicted molar refractivity (Wildman–Crippen MR) is 90.1 cm³/mol. The minimum Gasteiger partial charge on any atom is -0.358 e. The van der Waals surface area contributed by atoms with E-state index in [-0.39, 0.29) is 0 Å². The van der Waals surface area contributed by atoms with Crippen molar-refractivity contribution in [1.29, 1.82) is 0 Å². The number of hydrogen-bond acceptors (Lipinski definition) is 4. The fraction of sp³-hybridized carbons (Fsp3) is 0.688. The van der Waals surface area contributed by atoms with Gasteiger partial charge >= 0.3 is 0 Å². The predicted octanol–water partition coefficient (Wildman–Crippen LogP) is 2.76. The van der Waals surface area contributed by atoms with Crippen LogP contribution in [0.15, 0.2) is 12.3 Å². The first-order valence-corrected chi connectivity index (χ1v) is 8.14. The summed E-state index contributed by atoms with van der Waals surface area (Å²) in [5.41, 5.74) is 1.11. The minimum atomic E-state index is 0.447. The first-order chi connectivity index (χ1) is 9.97. The molecule has 0 spiro atoms. The second-order valence-corrected chi connectivity index (χ2v) is 6.73. The van der Waals surface area contributed by atoms with Crippen LogP contribution in [0, 0.1) is 0 Å². The van der Waals surface area contributed by atoms with Crippen LogP contribution in [0.5, 0.6) is 0 Å². The van der Waals surface area contributed by atoms with E-state index < -0.39 is 0 Å². The van der Waals surface area contributed by atoms with E-state index in [1.54, 1.807) is 6.20 Å². The quantitative estimate of drug-likeness (QED) is 0.875. The Balaban J connectivity index is 2.03. The highest BCUT2D eigenvalue weighted by molar-refractivity contribution is 6.31. The average molecular weight is 311 g/mol. The molecule has 1 fully saturated rings. The number of halogens is 1. The Morgan fingerprint density at radius 3 is 2.90 bits per heavy atom. The van der Waals surface area contributed by atoms with Crippen LogP contribution >= 0.6 is 11.6 Å². The van der Waals surface area contributed by atoms with Crippen molar-refractivity contribution in [1.82, 2.24) is 15.2 Å². The van der Waals surface area contributed by atoms with Crippen molar-refractivity contribution in [3.63, 3.8) is 0 Å². The Morgan fingerprint density at radius 2 is 2.29 bits per heavy atom. The summed E-state index contributed by atoms with van der Waals surface area (Å²) in [5.74, 6) is 1.00. The summed E-state index contributed by atoms with van der Waals surface area (Å²) >= 11 is 6.25. The number of nitrogens with zero attached hydrogens (tertiary/aromatic N) is 3. The normalized spacial score (nSPS) is 19.4. The Hall–Kier alpha value is -0.840. The van der Waals surface area contributed by atoms with Gasteiger partial charge in [-0.2, -0.15) is 0 Å². The zero-order valence-corrected chi connectivity index (χ0v) is 14.3. The van der Waals surface area contributed by atoms with E-state index in [2.05, 4.69) is 54.1 Å². The number of anilines is 1. The molecule has 0 amide bonds. The summed E-state index contributed by atoms with van der Waals surface area (Å²) in [6.07, 6.45) is 4.34.